The molecule has 0 aliphatic heterocycles. The Morgan fingerprint density at radius 3 is 2.29 bits per heavy atom. The van der Waals surface area contributed by atoms with Crippen LogP contribution in [0.15, 0.2) is 72.8 Å². The van der Waals surface area contributed by atoms with Crippen molar-refractivity contribution in [1.29, 1.82) is 0 Å². The fraction of sp³-hybridized carbons (Fsp3) is 0.286. The molecule has 0 saturated heterocycles. The first-order chi connectivity index (χ1) is 16.4. The molecule has 34 heavy (non-hydrogen) atoms. The SMILES string of the molecule is CCNC(=O)[C@@H](Cc1ccccc1)N(Cc1ccc(F)cc1)C(=O)COc1ccc(C)c(C)c1. The fourth-order valence-electron chi connectivity index (χ4n) is 3.66. The molecule has 0 aromatic heterocycles. The number of carbonyl (C=O) groups is 2. The lowest BCUT2D eigenvalue weighted by Gasteiger charge is -2.31. The summed E-state index contributed by atoms with van der Waals surface area (Å²) in [5.74, 6) is -0.331. The van der Waals surface area contributed by atoms with E-state index in [4.69, 9.17) is 4.74 Å². The Morgan fingerprint density at radius 1 is 0.941 bits per heavy atom. The molecule has 0 bridgehead atoms. The summed E-state index contributed by atoms with van der Waals surface area (Å²) >= 11 is 0. The lowest BCUT2D eigenvalue weighted by Crippen LogP contribution is -2.51. The van der Waals surface area contributed by atoms with Gasteiger partial charge in [-0.1, -0.05) is 48.5 Å². The Kier molecular flexibility index (Phi) is 8.79. The Hall–Kier alpha value is -3.67. The first-order valence-corrected chi connectivity index (χ1v) is 11.4. The number of likely N-dealkylation sites (N-methyl/N-ethyl adjacent to an activating group) is 1. The van der Waals surface area contributed by atoms with Gasteiger partial charge in [0.2, 0.25) is 5.91 Å². The topological polar surface area (TPSA) is 58.6 Å². The fourth-order valence-corrected chi connectivity index (χ4v) is 3.66. The molecule has 3 aromatic carbocycles. The van der Waals surface area contributed by atoms with E-state index in [-0.39, 0.29) is 30.8 Å². The van der Waals surface area contributed by atoms with Gasteiger partial charge < -0.3 is 15.0 Å². The highest BCUT2D eigenvalue weighted by atomic mass is 19.1. The van der Waals surface area contributed by atoms with Crippen LogP contribution >= 0.6 is 0 Å². The van der Waals surface area contributed by atoms with E-state index >= 15 is 0 Å². The van der Waals surface area contributed by atoms with Crippen LogP contribution in [0.4, 0.5) is 4.39 Å². The molecule has 1 atom stereocenters. The number of rotatable bonds is 10. The number of carbonyl (C=O) groups excluding carboxylic acids is 2. The summed E-state index contributed by atoms with van der Waals surface area (Å²) in [6, 6.07) is 20.4. The van der Waals surface area contributed by atoms with Gasteiger partial charge >= 0.3 is 0 Å². The van der Waals surface area contributed by atoms with Gasteiger partial charge in [-0.25, -0.2) is 4.39 Å². The van der Waals surface area contributed by atoms with Crippen LogP contribution in [0.2, 0.25) is 0 Å². The quantitative estimate of drug-likeness (QED) is 0.479. The normalized spacial score (nSPS) is 11.5. The molecule has 3 rings (SSSR count). The second kappa shape index (κ2) is 12.0. The molecule has 3 aromatic rings. The van der Waals surface area contributed by atoms with Crippen LogP contribution in [0.5, 0.6) is 5.75 Å². The van der Waals surface area contributed by atoms with E-state index in [0.29, 0.717) is 18.7 Å². The van der Waals surface area contributed by atoms with Crippen molar-refractivity contribution in [2.75, 3.05) is 13.2 Å². The minimum atomic E-state index is -0.747. The van der Waals surface area contributed by atoms with Gasteiger partial charge in [0.25, 0.3) is 5.91 Å². The smallest absolute Gasteiger partial charge is 0.261 e. The Balaban J connectivity index is 1.88. The second-order valence-corrected chi connectivity index (χ2v) is 8.28. The summed E-state index contributed by atoms with van der Waals surface area (Å²) in [6.45, 7) is 6.22. The highest BCUT2D eigenvalue weighted by Crippen LogP contribution is 2.19. The molecule has 5 nitrogen and oxygen atoms in total. The van der Waals surface area contributed by atoms with Gasteiger partial charge in [0, 0.05) is 19.5 Å². The van der Waals surface area contributed by atoms with Gasteiger partial charge in [-0.15, -0.1) is 0 Å². The van der Waals surface area contributed by atoms with Gasteiger partial charge in [-0.2, -0.15) is 0 Å². The van der Waals surface area contributed by atoms with E-state index in [9.17, 15) is 14.0 Å². The molecule has 6 heteroatoms. The first-order valence-electron chi connectivity index (χ1n) is 11.4. The van der Waals surface area contributed by atoms with E-state index < -0.39 is 6.04 Å². The number of hydrogen-bond donors (Lipinski definition) is 1. The highest BCUT2D eigenvalue weighted by molar-refractivity contribution is 5.88. The van der Waals surface area contributed by atoms with Crippen molar-refractivity contribution in [3.63, 3.8) is 0 Å². The maximum absolute atomic E-state index is 13.5. The van der Waals surface area contributed by atoms with E-state index in [0.717, 1.165) is 22.3 Å². The molecular formula is C28H31FN2O3. The second-order valence-electron chi connectivity index (χ2n) is 8.28. The molecule has 1 N–H and O–H groups in total. The van der Waals surface area contributed by atoms with Crippen LogP contribution in [0.3, 0.4) is 0 Å². The summed E-state index contributed by atoms with van der Waals surface area (Å²) in [6.07, 6.45) is 0.350. The molecule has 0 fully saturated rings. The van der Waals surface area contributed by atoms with Crippen LogP contribution in [-0.4, -0.2) is 35.9 Å². The van der Waals surface area contributed by atoms with Crippen LogP contribution < -0.4 is 10.1 Å². The average molecular weight is 463 g/mol. The molecule has 0 aliphatic rings. The van der Waals surface area contributed by atoms with E-state index in [1.807, 2.05) is 69.3 Å². The zero-order chi connectivity index (χ0) is 24.5. The van der Waals surface area contributed by atoms with Crippen molar-refractivity contribution < 1.29 is 18.7 Å². The van der Waals surface area contributed by atoms with E-state index in [1.165, 1.54) is 17.0 Å². The summed E-state index contributed by atoms with van der Waals surface area (Å²) in [4.78, 5) is 28.0. The largest absolute Gasteiger partial charge is 0.484 e. The molecule has 0 radical (unpaired) electrons. The summed E-state index contributed by atoms with van der Waals surface area (Å²) < 4.78 is 19.3. The molecule has 0 aliphatic carbocycles. The van der Waals surface area contributed by atoms with Crippen LogP contribution in [0, 0.1) is 19.7 Å². The van der Waals surface area contributed by atoms with Gasteiger partial charge in [0.1, 0.15) is 17.6 Å². The number of ether oxygens (including phenoxy) is 1. The zero-order valence-corrected chi connectivity index (χ0v) is 19.9. The van der Waals surface area contributed by atoms with Crippen molar-refractivity contribution in [3.8, 4) is 5.75 Å². The standard InChI is InChI=1S/C28H31FN2O3/c1-4-30-28(33)26(17-22-8-6-5-7-9-22)31(18-23-11-13-24(29)14-12-23)27(32)19-34-25-15-10-20(2)21(3)16-25/h5-16,26H,4,17-19H2,1-3H3,(H,30,33)/t26-/m1/s1. The monoisotopic (exact) mass is 462 g/mol. The lowest BCUT2D eigenvalue weighted by molar-refractivity contribution is -0.142. The average Bonchev–Trinajstić information content (AvgIpc) is 2.84. The minimum absolute atomic E-state index is 0.157. The van der Waals surface area contributed by atoms with E-state index in [1.54, 1.807) is 12.1 Å². The van der Waals surface area contributed by atoms with Crippen LogP contribution in [0.1, 0.15) is 29.2 Å². The van der Waals surface area contributed by atoms with Crippen LogP contribution in [0.25, 0.3) is 0 Å². The summed E-state index contributed by atoms with van der Waals surface area (Å²) in [5.41, 5.74) is 3.86. The van der Waals surface area contributed by atoms with Crippen molar-refractivity contribution in [3.05, 3.63) is 101 Å². The number of halogens is 1. The van der Waals surface area contributed by atoms with Crippen molar-refractivity contribution >= 4 is 11.8 Å². The Bertz CT molecular complexity index is 1100. The van der Waals surface area contributed by atoms with Crippen molar-refractivity contribution in [1.82, 2.24) is 10.2 Å². The maximum atomic E-state index is 13.5. The third-order valence-electron chi connectivity index (χ3n) is 5.73. The highest BCUT2D eigenvalue weighted by Gasteiger charge is 2.30. The van der Waals surface area contributed by atoms with Gasteiger partial charge in [-0.3, -0.25) is 9.59 Å². The number of hydrogen-bond acceptors (Lipinski definition) is 3. The molecule has 178 valence electrons. The number of aryl methyl sites for hydroxylation is 2. The van der Waals surface area contributed by atoms with Crippen molar-refractivity contribution in [2.45, 2.75) is 39.8 Å². The number of amides is 2. The predicted octanol–water partition coefficient (Wildman–Crippen LogP) is 4.60. The first kappa shape index (κ1) is 25.0. The summed E-state index contributed by atoms with van der Waals surface area (Å²) in [5, 5.41) is 2.85. The summed E-state index contributed by atoms with van der Waals surface area (Å²) in [7, 11) is 0. The number of benzene rings is 3. The molecule has 0 heterocycles. The predicted molar refractivity (Wildman–Crippen MR) is 131 cm³/mol. The van der Waals surface area contributed by atoms with Gasteiger partial charge in [-0.05, 0) is 67.3 Å². The van der Waals surface area contributed by atoms with Crippen LogP contribution in [-0.2, 0) is 22.6 Å². The number of nitrogens with zero attached hydrogens (tertiary/aromatic N) is 1. The molecule has 0 unspecified atom stereocenters. The molecule has 2 amide bonds. The molecular weight excluding hydrogens is 431 g/mol. The van der Waals surface area contributed by atoms with Crippen molar-refractivity contribution in [2.24, 2.45) is 0 Å². The Morgan fingerprint density at radius 2 is 1.65 bits per heavy atom. The molecule has 0 saturated carbocycles. The third-order valence-corrected chi connectivity index (χ3v) is 5.73. The Labute approximate surface area is 200 Å². The lowest BCUT2D eigenvalue weighted by atomic mass is 10.0. The third kappa shape index (κ3) is 6.91. The van der Waals surface area contributed by atoms with Gasteiger partial charge in [0.15, 0.2) is 6.61 Å². The zero-order valence-electron chi connectivity index (χ0n) is 19.9. The van der Waals surface area contributed by atoms with E-state index in [2.05, 4.69) is 5.32 Å². The number of nitrogens with one attached hydrogen (secondary N) is 1. The molecule has 0 spiro atoms. The maximum Gasteiger partial charge on any atom is 0.261 e. The van der Waals surface area contributed by atoms with Gasteiger partial charge in [0.05, 0.1) is 0 Å². The minimum Gasteiger partial charge on any atom is -0.484 e.